The lowest BCUT2D eigenvalue weighted by molar-refractivity contribution is 0.340. The van der Waals surface area contributed by atoms with E-state index < -0.39 is 0 Å². The highest BCUT2D eigenvalue weighted by atomic mass is 35.5. The number of hydrogen-bond acceptors (Lipinski definition) is 3. The number of thiocarbonyl (C=S) groups is 1. The third-order valence-corrected chi connectivity index (χ3v) is 5.57. The summed E-state index contributed by atoms with van der Waals surface area (Å²) in [5, 5.41) is 5.05. The van der Waals surface area contributed by atoms with Crippen LogP contribution in [0, 0.1) is 0 Å². The highest BCUT2D eigenvalue weighted by Crippen LogP contribution is 2.38. The molecule has 1 unspecified atom stereocenters. The fourth-order valence-electron chi connectivity index (χ4n) is 2.58. The topological polar surface area (TPSA) is 24.5 Å². The molecule has 0 spiro atoms. The van der Waals surface area contributed by atoms with Gasteiger partial charge in [-0.1, -0.05) is 23.7 Å². The molecule has 0 bridgehead atoms. The van der Waals surface area contributed by atoms with E-state index in [1.165, 1.54) is 5.56 Å². The Morgan fingerprint density at radius 3 is 2.62 bits per heavy atom. The second-order valence-corrected chi connectivity index (χ2v) is 7.37. The van der Waals surface area contributed by atoms with Crippen LogP contribution >= 0.6 is 35.6 Å². The molecule has 1 N–H and O–H groups in total. The van der Waals surface area contributed by atoms with Gasteiger partial charge >= 0.3 is 0 Å². The van der Waals surface area contributed by atoms with Crippen LogP contribution in [0.25, 0.3) is 0 Å². The van der Waals surface area contributed by atoms with E-state index in [0.29, 0.717) is 6.61 Å². The van der Waals surface area contributed by atoms with Gasteiger partial charge < -0.3 is 15.0 Å². The maximum atomic E-state index is 5.99. The summed E-state index contributed by atoms with van der Waals surface area (Å²) in [6, 6.07) is 15.9. The molecule has 0 saturated carbocycles. The van der Waals surface area contributed by atoms with Crippen LogP contribution in [0.3, 0.4) is 0 Å². The zero-order valence-electron chi connectivity index (χ0n) is 13.4. The molecule has 1 fully saturated rings. The Morgan fingerprint density at radius 1 is 1.25 bits per heavy atom. The van der Waals surface area contributed by atoms with Crippen molar-refractivity contribution in [1.82, 2.24) is 4.90 Å². The highest BCUT2D eigenvalue weighted by molar-refractivity contribution is 7.99. The summed E-state index contributed by atoms with van der Waals surface area (Å²) in [7, 11) is 0. The lowest BCUT2D eigenvalue weighted by atomic mass is 10.2. The van der Waals surface area contributed by atoms with Crippen molar-refractivity contribution in [3.8, 4) is 5.75 Å². The second kappa shape index (κ2) is 8.10. The number of hydrogen-bond donors (Lipinski definition) is 1. The maximum Gasteiger partial charge on any atom is 0.174 e. The van der Waals surface area contributed by atoms with Gasteiger partial charge in [0.15, 0.2) is 5.11 Å². The number of ether oxygens (including phenoxy) is 1. The SMILES string of the molecule is CCOc1ccc(NC(=S)N2CCSC2c2ccc(Cl)cc2)cc1. The van der Waals surface area contributed by atoms with Crippen molar-refractivity contribution in [3.05, 3.63) is 59.1 Å². The average Bonchev–Trinajstić information content (AvgIpc) is 3.07. The summed E-state index contributed by atoms with van der Waals surface area (Å²) in [6.07, 6.45) is 0. The number of thioether (sulfide) groups is 1. The van der Waals surface area contributed by atoms with Crippen LogP contribution in [-0.2, 0) is 0 Å². The Balaban J connectivity index is 1.68. The molecule has 3 nitrogen and oxygen atoms in total. The summed E-state index contributed by atoms with van der Waals surface area (Å²) in [5.74, 6) is 1.92. The fourth-order valence-corrected chi connectivity index (χ4v) is 4.35. The molecule has 2 aromatic carbocycles. The van der Waals surface area contributed by atoms with Gasteiger partial charge in [-0.15, -0.1) is 11.8 Å². The predicted molar refractivity (Wildman–Crippen MR) is 107 cm³/mol. The first-order chi connectivity index (χ1) is 11.7. The molecular formula is C18H19ClN2OS2. The van der Waals surface area contributed by atoms with E-state index in [0.717, 1.165) is 33.9 Å². The fraction of sp³-hybridized carbons (Fsp3) is 0.278. The molecular weight excluding hydrogens is 360 g/mol. The highest BCUT2D eigenvalue weighted by Gasteiger charge is 2.28. The minimum Gasteiger partial charge on any atom is -0.494 e. The quantitative estimate of drug-likeness (QED) is 0.738. The summed E-state index contributed by atoms with van der Waals surface area (Å²) in [4.78, 5) is 2.22. The van der Waals surface area contributed by atoms with Crippen LogP contribution in [0.1, 0.15) is 17.9 Å². The van der Waals surface area contributed by atoms with Gasteiger partial charge in [-0.3, -0.25) is 0 Å². The van der Waals surface area contributed by atoms with Crippen molar-refractivity contribution in [2.75, 3.05) is 24.2 Å². The normalized spacial score (nSPS) is 16.9. The molecule has 1 saturated heterocycles. The summed E-state index contributed by atoms with van der Waals surface area (Å²) >= 11 is 13.5. The number of benzene rings is 2. The molecule has 0 aliphatic carbocycles. The van der Waals surface area contributed by atoms with Gasteiger partial charge in [0.25, 0.3) is 0 Å². The lowest BCUT2D eigenvalue weighted by Gasteiger charge is -2.27. The number of halogens is 1. The lowest BCUT2D eigenvalue weighted by Crippen LogP contribution is -2.34. The van der Waals surface area contributed by atoms with Crippen LogP contribution in [0.15, 0.2) is 48.5 Å². The first-order valence-corrected chi connectivity index (χ1v) is 9.68. The van der Waals surface area contributed by atoms with E-state index in [1.54, 1.807) is 0 Å². The van der Waals surface area contributed by atoms with Gasteiger partial charge in [0, 0.05) is 23.0 Å². The van der Waals surface area contributed by atoms with Crippen molar-refractivity contribution in [3.63, 3.8) is 0 Å². The Labute approximate surface area is 157 Å². The van der Waals surface area contributed by atoms with E-state index in [2.05, 4.69) is 22.3 Å². The molecule has 0 amide bonds. The summed E-state index contributed by atoms with van der Waals surface area (Å²) in [5.41, 5.74) is 2.19. The van der Waals surface area contributed by atoms with Crippen molar-refractivity contribution < 1.29 is 4.74 Å². The zero-order chi connectivity index (χ0) is 16.9. The van der Waals surface area contributed by atoms with Crippen LogP contribution < -0.4 is 10.1 Å². The zero-order valence-corrected chi connectivity index (χ0v) is 15.8. The first kappa shape index (κ1) is 17.4. The van der Waals surface area contributed by atoms with Crippen LogP contribution in [-0.4, -0.2) is 28.9 Å². The van der Waals surface area contributed by atoms with Gasteiger partial charge in [-0.2, -0.15) is 0 Å². The summed E-state index contributed by atoms with van der Waals surface area (Å²) in [6.45, 7) is 3.57. The maximum absolute atomic E-state index is 5.99. The van der Waals surface area contributed by atoms with Crippen LogP contribution in [0.2, 0.25) is 5.02 Å². The second-order valence-electron chi connectivity index (χ2n) is 5.36. The molecule has 1 aliphatic rings. The molecule has 24 heavy (non-hydrogen) atoms. The molecule has 3 rings (SSSR count). The Hall–Kier alpha value is -1.43. The largest absolute Gasteiger partial charge is 0.494 e. The first-order valence-electron chi connectivity index (χ1n) is 7.85. The van der Waals surface area contributed by atoms with Gasteiger partial charge in [-0.05, 0) is 61.1 Å². The molecule has 0 radical (unpaired) electrons. The van der Waals surface area contributed by atoms with Crippen LogP contribution in [0.4, 0.5) is 5.69 Å². The van der Waals surface area contributed by atoms with Crippen molar-refractivity contribution in [2.24, 2.45) is 0 Å². The Kier molecular flexibility index (Phi) is 5.87. The van der Waals surface area contributed by atoms with Crippen molar-refractivity contribution in [2.45, 2.75) is 12.3 Å². The monoisotopic (exact) mass is 378 g/mol. The molecule has 1 atom stereocenters. The number of nitrogens with one attached hydrogen (secondary N) is 1. The molecule has 2 aromatic rings. The standard InChI is InChI=1S/C18H19ClN2OS2/c1-2-22-16-9-7-15(8-10-16)20-18(23)21-11-12-24-17(21)13-3-5-14(19)6-4-13/h3-10,17H,2,11-12H2,1H3,(H,20,23). The minimum absolute atomic E-state index is 0.227. The number of nitrogens with zero attached hydrogens (tertiary/aromatic N) is 1. The third-order valence-electron chi connectivity index (χ3n) is 3.72. The van der Waals surface area contributed by atoms with Gasteiger partial charge in [0.2, 0.25) is 0 Å². The molecule has 0 aromatic heterocycles. The number of rotatable bonds is 4. The van der Waals surface area contributed by atoms with E-state index in [4.69, 9.17) is 28.6 Å². The Bertz CT molecular complexity index is 691. The summed E-state index contributed by atoms with van der Waals surface area (Å²) < 4.78 is 5.46. The molecule has 1 aliphatic heterocycles. The van der Waals surface area contributed by atoms with Gasteiger partial charge in [-0.25, -0.2) is 0 Å². The smallest absolute Gasteiger partial charge is 0.174 e. The molecule has 6 heteroatoms. The number of anilines is 1. The average molecular weight is 379 g/mol. The van der Waals surface area contributed by atoms with E-state index in [9.17, 15) is 0 Å². The van der Waals surface area contributed by atoms with E-state index in [1.807, 2.05) is 55.1 Å². The van der Waals surface area contributed by atoms with Crippen molar-refractivity contribution in [1.29, 1.82) is 0 Å². The predicted octanol–water partition coefficient (Wildman–Crippen LogP) is 5.18. The minimum atomic E-state index is 0.227. The van der Waals surface area contributed by atoms with Crippen molar-refractivity contribution >= 4 is 46.4 Å². The molecule has 126 valence electrons. The van der Waals surface area contributed by atoms with Gasteiger partial charge in [0.05, 0.1) is 6.61 Å². The van der Waals surface area contributed by atoms with Crippen LogP contribution in [0.5, 0.6) is 5.75 Å². The Morgan fingerprint density at radius 2 is 1.96 bits per heavy atom. The van der Waals surface area contributed by atoms with E-state index >= 15 is 0 Å². The van der Waals surface area contributed by atoms with E-state index in [-0.39, 0.29) is 5.37 Å². The van der Waals surface area contributed by atoms with Gasteiger partial charge in [0.1, 0.15) is 11.1 Å². The molecule has 1 heterocycles. The third kappa shape index (κ3) is 4.15.